The summed E-state index contributed by atoms with van der Waals surface area (Å²) < 4.78 is 33.5. The molecule has 9 heteroatoms. The van der Waals surface area contributed by atoms with E-state index in [1.54, 1.807) is 45.6 Å². The summed E-state index contributed by atoms with van der Waals surface area (Å²) in [6, 6.07) is 12.7. The van der Waals surface area contributed by atoms with E-state index in [1.807, 2.05) is 0 Å². The number of halogens is 1. The highest BCUT2D eigenvalue weighted by molar-refractivity contribution is 7.89. The van der Waals surface area contributed by atoms with Gasteiger partial charge in [0.05, 0.1) is 10.5 Å². The molecule has 2 aliphatic rings. The van der Waals surface area contributed by atoms with Crippen molar-refractivity contribution in [3.8, 4) is 5.75 Å². The van der Waals surface area contributed by atoms with Gasteiger partial charge in [-0.15, -0.1) is 0 Å². The van der Waals surface area contributed by atoms with E-state index in [0.29, 0.717) is 36.5 Å². The molecule has 2 fully saturated rings. The zero-order chi connectivity index (χ0) is 22.9. The number of para-hydroxylation sites is 1. The lowest BCUT2D eigenvalue weighted by Crippen LogP contribution is -2.49. The second-order valence-electron chi connectivity index (χ2n) is 8.13. The van der Waals surface area contributed by atoms with Crippen molar-refractivity contribution in [2.75, 3.05) is 13.1 Å². The highest BCUT2D eigenvalue weighted by Crippen LogP contribution is 2.37. The van der Waals surface area contributed by atoms with Crippen LogP contribution >= 0.6 is 11.6 Å². The molecule has 0 unspecified atom stereocenters. The number of benzene rings is 2. The molecule has 0 atom stereocenters. The van der Waals surface area contributed by atoms with Crippen LogP contribution in [-0.4, -0.2) is 54.7 Å². The van der Waals surface area contributed by atoms with E-state index in [9.17, 15) is 18.0 Å². The minimum Gasteiger partial charge on any atom is -0.426 e. The maximum Gasteiger partial charge on any atom is 0.308 e. The standard InChI is InChI=1S/C23H25ClN2O5S/c1-16(27)31-22-5-3-2-4-21(22)23(28)25-14-12-19(13-15-25)26(18-8-9-18)32(29,30)20-10-6-17(24)7-11-20/h2-7,10-11,18-19H,8-9,12-15H2,1H3. The summed E-state index contributed by atoms with van der Waals surface area (Å²) in [6.45, 7) is 2.15. The van der Waals surface area contributed by atoms with E-state index in [4.69, 9.17) is 16.3 Å². The molecule has 0 N–H and O–H groups in total. The Morgan fingerprint density at radius 3 is 2.16 bits per heavy atom. The molecule has 1 amide bonds. The van der Waals surface area contributed by atoms with Crippen LogP contribution in [0.25, 0.3) is 0 Å². The lowest BCUT2D eigenvalue weighted by atomic mass is 10.0. The van der Waals surface area contributed by atoms with Crippen molar-refractivity contribution in [3.63, 3.8) is 0 Å². The number of sulfonamides is 1. The summed E-state index contributed by atoms with van der Waals surface area (Å²) in [5.74, 6) is -0.479. The molecule has 4 rings (SSSR count). The fourth-order valence-electron chi connectivity index (χ4n) is 4.13. The molecule has 170 valence electrons. The first-order valence-corrected chi connectivity index (χ1v) is 12.4. The number of carbonyl (C=O) groups excluding carboxylic acids is 2. The highest BCUT2D eigenvalue weighted by atomic mass is 35.5. The normalized spacial score (nSPS) is 17.4. The van der Waals surface area contributed by atoms with Gasteiger partial charge in [-0.05, 0) is 62.1 Å². The van der Waals surface area contributed by atoms with Gasteiger partial charge in [0.2, 0.25) is 10.0 Å². The molecule has 2 aromatic carbocycles. The summed E-state index contributed by atoms with van der Waals surface area (Å²) in [5.41, 5.74) is 0.328. The summed E-state index contributed by atoms with van der Waals surface area (Å²) in [6.07, 6.45) is 2.79. The van der Waals surface area contributed by atoms with Crippen LogP contribution in [0.3, 0.4) is 0 Å². The Morgan fingerprint density at radius 1 is 0.969 bits per heavy atom. The first kappa shape index (κ1) is 22.8. The van der Waals surface area contributed by atoms with Crippen molar-refractivity contribution in [1.29, 1.82) is 0 Å². The number of hydrogen-bond donors (Lipinski definition) is 0. The van der Waals surface area contributed by atoms with E-state index >= 15 is 0 Å². The van der Waals surface area contributed by atoms with E-state index < -0.39 is 16.0 Å². The molecule has 0 bridgehead atoms. The Morgan fingerprint density at radius 2 is 1.56 bits per heavy atom. The lowest BCUT2D eigenvalue weighted by molar-refractivity contribution is -0.131. The molecular weight excluding hydrogens is 452 g/mol. The van der Waals surface area contributed by atoms with Gasteiger partial charge in [0, 0.05) is 37.1 Å². The van der Waals surface area contributed by atoms with Gasteiger partial charge in [0.25, 0.3) is 5.91 Å². The Labute approximate surface area is 193 Å². The smallest absolute Gasteiger partial charge is 0.308 e. The van der Waals surface area contributed by atoms with Crippen LogP contribution in [0.15, 0.2) is 53.4 Å². The molecule has 0 radical (unpaired) electrons. The van der Waals surface area contributed by atoms with E-state index in [1.165, 1.54) is 19.1 Å². The highest BCUT2D eigenvalue weighted by Gasteiger charge is 2.43. The summed E-state index contributed by atoms with van der Waals surface area (Å²) in [5, 5.41) is 0.489. The number of hydrogen-bond acceptors (Lipinski definition) is 5. The van der Waals surface area contributed by atoms with Gasteiger partial charge < -0.3 is 9.64 Å². The predicted octanol–water partition coefficient (Wildman–Crippen LogP) is 3.72. The molecule has 1 saturated carbocycles. The molecule has 32 heavy (non-hydrogen) atoms. The topological polar surface area (TPSA) is 84.0 Å². The van der Waals surface area contributed by atoms with Gasteiger partial charge in [-0.3, -0.25) is 9.59 Å². The number of rotatable bonds is 6. The third-order valence-corrected chi connectivity index (χ3v) is 8.05. The third kappa shape index (κ3) is 4.82. The predicted molar refractivity (Wildman–Crippen MR) is 120 cm³/mol. The number of ether oxygens (including phenoxy) is 1. The third-order valence-electron chi connectivity index (χ3n) is 5.78. The summed E-state index contributed by atoms with van der Waals surface area (Å²) in [4.78, 5) is 26.4. The second kappa shape index (κ2) is 9.21. The number of piperidine rings is 1. The Balaban J connectivity index is 1.48. The van der Waals surface area contributed by atoms with Crippen LogP contribution in [0.5, 0.6) is 5.75 Å². The zero-order valence-electron chi connectivity index (χ0n) is 17.7. The maximum atomic E-state index is 13.4. The van der Waals surface area contributed by atoms with Crippen molar-refractivity contribution < 1.29 is 22.7 Å². The van der Waals surface area contributed by atoms with Gasteiger partial charge in [0.15, 0.2) is 0 Å². The molecule has 1 saturated heterocycles. The Bertz CT molecular complexity index is 1110. The maximum absolute atomic E-state index is 13.4. The monoisotopic (exact) mass is 476 g/mol. The van der Waals surface area contributed by atoms with Crippen LogP contribution in [0, 0.1) is 0 Å². The van der Waals surface area contributed by atoms with Crippen LogP contribution in [0.2, 0.25) is 5.02 Å². The number of nitrogens with zero attached hydrogens (tertiary/aromatic N) is 2. The summed E-state index contributed by atoms with van der Waals surface area (Å²) in [7, 11) is -3.65. The number of amides is 1. The van der Waals surface area contributed by atoms with Gasteiger partial charge in [-0.1, -0.05) is 23.7 Å². The minimum absolute atomic E-state index is 0.00706. The largest absolute Gasteiger partial charge is 0.426 e. The number of likely N-dealkylation sites (tertiary alicyclic amines) is 1. The van der Waals surface area contributed by atoms with Gasteiger partial charge in [-0.2, -0.15) is 4.31 Å². The molecule has 1 aliphatic heterocycles. The second-order valence-corrected chi connectivity index (χ2v) is 10.4. The molecule has 1 heterocycles. The number of esters is 1. The molecule has 1 aliphatic carbocycles. The minimum atomic E-state index is -3.65. The average molecular weight is 477 g/mol. The van der Waals surface area contributed by atoms with Crippen LogP contribution in [0.1, 0.15) is 43.0 Å². The fourth-order valence-corrected chi connectivity index (χ4v) is 6.18. The van der Waals surface area contributed by atoms with Crippen molar-refractivity contribution in [2.24, 2.45) is 0 Å². The van der Waals surface area contributed by atoms with Crippen molar-refractivity contribution in [1.82, 2.24) is 9.21 Å². The summed E-state index contributed by atoms with van der Waals surface area (Å²) >= 11 is 5.93. The number of carbonyl (C=O) groups is 2. The first-order valence-electron chi connectivity index (χ1n) is 10.6. The average Bonchev–Trinajstić information content (AvgIpc) is 3.59. The molecule has 2 aromatic rings. The fraction of sp³-hybridized carbons (Fsp3) is 0.391. The van der Waals surface area contributed by atoms with Crippen molar-refractivity contribution in [3.05, 3.63) is 59.1 Å². The first-order chi connectivity index (χ1) is 15.3. The molecule has 0 aromatic heterocycles. The molecule has 7 nitrogen and oxygen atoms in total. The molecule has 0 spiro atoms. The SMILES string of the molecule is CC(=O)Oc1ccccc1C(=O)N1CCC(N(C2CC2)S(=O)(=O)c2ccc(Cl)cc2)CC1. The van der Waals surface area contributed by atoms with E-state index in [-0.39, 0.29) is 28.6 Å². The quantitative estimate of drug-likeness (QED) is 0.468. The Hall–Kier alpha value is -2.42. The van der Waals surface area contributed by atoms with Gasteiger partial charge >= 0.3 is 5.97 Å². The van der Waals surface area contributed by atoms with Crippen LogP contribution < -0.4 is 4.74 Å². The van der Waals surface area contributed by atoms with E-state index in [2.05, 4.69) is 0 Å². The van der Waals surface area contributed by atoms with Crippen molar-refractivity contribution in [2.45, 2.75) is 49.6 Å². The zero-order valence-corrected chi connectivity index (χ0v) is 19.3. The van der Waals surface area contributed by atoms with Crippen LogP contribution in [-0.2, 0) is 14.8 Å². The van der Waals surface area contributed by atoms with Crippen molar-refractivity contribution >= 4 is 33.5 Å². The Kier molecular flexibility index (Phi) is 6.55. The molecular formula is C23H25ClN2O5S. The van der Waals surface area contributed by atoms with Gasteiger partial charge in [0.1, 0.15) is 5.75 Å². The lowest BCUT2D eigenvalue weighted by Gasteiger charge is -2.38. The van der Waals surface area contributed by atoms with E-state index in [0.717, 1.165) is 12.8 Å². The van der Waals surface area contributed by atoms with Gasteiger partial charge in [-0.25, -0.2) is 8.42 Å². The van der Waals surface area contributed by atoms with Crippen LogP contribution in [0.4, 0.5) is 0 Å².